The Kier molecular flexibility index (Phi) is 3.95. The molecule has 19 heavy (non-hydrogen) atoms. The lowest BCUT2D eigenvalue weighted by Gasteiger charge is -2.13. The molecule has 0 saturated carbocycles. The number of rotatable bonds is 1. The third kappa shape index (κ3) is 2.91. The largest absolute Gasteiger partial charge is 0.419 e. The molecule has 102 valence electrons. The fourth-order valence-corrected chi connectivity index (χ4v) is 1.60. The van der Waals surface area contributed by atoms with Gasteiger partial charge in [0, 0.05) is 0 Å². The predicted molar refractivity (Wildman–Crippen MR) is 59.7 cm³/mol. The molecule has 5 nitrogen and oxygen atoms in total. The van der Waals surface area contributed by atoms with Crippen molar-refractivity contribution in [2.45, 2.75) is 6.18 Å². The first kappa shape index (κ1) is 14.7. The molecule has 0 aromatic heterocycles. The number of hydrogen-bond donors (Lipinski definition) is 2. The molecule has 8 heteroatoms. The van der Waals surface area contributed by atoms with Crippen LogP contribution in [0.5, 0.6) is 0 Å². The van der Waals surface area contributed by atoms with Crippen LogP contribution in [0.15, 0.2) is 36.0 Å². The number of halogens is 3. The number of benzene rings is 1. The smallest absolute Gasteiger partial charge is 0.412 e. The number of hydrogen-bond acceptors (Lipinski definition) is 2. The molecule has 2 rings (SSSR count). The van der Waals surface area contributed by atoms with E-state index in [1.807, 2.05) is 5.32 Å². The molecule has 0 spiro atoms. The van der Waals surface area contributed by atoms with E-state index in [0.717, 1.165) is 0 Å². The Morgan fingerprint density at radius 3 is 2.00 bits per heavy atom. The standard InChI is InChI=1S/C11H7F3N2O2.H2O/c12-11(13,14)7(6-4-2-1-3-5-6)8-9(17)16-10(18)15-8;/h1-5H,(H2,15,16,17,18);1H2. The number of alkyl halides is 3. The van der Waals surface area contributed by atoms with Crippen LogP contribution in [-0.2, 0) is 4.79 Å². The third-order valence-corrected chi connectivity index (χ3v) is 2.29. The second-order valence-corrected chi connectivity index (χ2v) is 3.52. The number of carbonyl (C=O) groups excluding carboxylic acids is 2. The van der Waals surface area contributed by atoms with Gasteiger partial charge < -0.3 is 10.8 Å². The van der Waals surface area contributed by atoms with Gasteiger partial charge >= 0.3 is 12.2 Å². The van der Waals surface area contributed by atoms with Gasteiger partial charge in [0.05, 0.1) is 5.57 Å². The molecule has 1 aliphatic heterocycles. The van der Waals surface area contributed by atoms with E-state index in [1.165, 1.54) is 24.3 Å². The summed E-state index contributed by atoms with van der Waals surface area (Å²) in [4.78, 5) is 22.2. The molecule has 1 aromatic carbocycles. The number of imide groups is 1. The maximum Gasteiger partial charge on any atom is 0.419 e. The molecule has 1 saturated heterocycles. The van der Waals surface area contributed by atoms with Crippen LogP contribution in [0.25, 0.3) is 5.57 Å². The molecule has 0 atom stereocenters. The van der Waals surface area contributed by atoms with Gasteiger partial charge in [0.2, 0.25) is 0 Å². The molecule has 0 bridgehead atoms. The summed E-state index contributed by atoms with van der Waals surface area (Å²) in [5.41, 5.74) is -2.12. The summed E-state index contributed by atoms with van der Waals surface area (Å²) >= 11 is 0. The van der Waals surface area contributed by atoms with Crippen molar-refractivity contribution in [2.75, 3.05) is 0 Å². The summed E-state index contributed by atoms with van der Waals surface area (Å²) < 4.78 is 38.9. The highest BCUT2D eigenvalue weighted by Gasteiger charge is 2.41. The van der Waals surface area contributed by atoms with Crippen molar-refractivity contribution in [3.8, 4) is 0 Å². The minimum Gasteiger partial charge on any atom is -0.412 e. The first-order valence-electron chi connectivity index (χ1n) is 4.89. The van der Waals surface area contributed by atoms with Crippen LogP contribution in [-0.4, -0.2) is 23.6 Å². The fourth-order valence-electron chi connectivity index (χ4n) is 1.60. The van der Waals surface area contributed by atoms with E-state index >= 15 is 0 Å². The van der Waals surface area contributed by atoms with Gasteiger partial charge in [0.25, 0.3) is 5.91 Å². The topological polar surface area (TPSA) is 89.7 Å². The van der Waals surface area contributed by atoms with Crippen molar-refractivity contribution in [1.29, 1.82) is 0 Å². The molecule has 1 heterocycles. The molecule has 0 unspecified atom stereocenters. The van der Waals surface area contributed by atoms with E-state index in [1.54, 1.807) is 11.4 Å². The summed E-state index contributed by atoms with van der Waals surface area (Å²) in [6.07, 6.45) is -4.74. The van der Waals surface area contributed by atoms with Gasteiger partial charge in [0.15, 0.2) is 0 Å². The van der Waals surface area contributed by atoms with Crippen molar-refractivity contribution in [1.82, 2.24) is 10.6 Å². The number of nitrogens with one attached hydrogen (secondary N) is 2. The van der Waals surface area contributed by atoms with Crippen molar-refractivity contribution in [3.05, 3.63) is 41.6 Å². The van der Waals surface area contributed by atoms with Crippen LogP contribution in [0.3, 0.4) is 0 Å². The Bertz CT molecular complexity index is 538. The first-order valence-corrected chi connectivity index (χ1v) is 4.89. The van der Waals surface area contributed by atoms with Gasteiger partial charge in [-0.1, -0.05) is 30.3 Å². The van der Waals surface area contributed by atoms with E-state index in [4.69, 9.17) is 0 Å². The van der Waals surface area contributed by atoms with E-state index in [9.17, 15) is 22.8 Å². The van der Waals surface area contributed by atoms with Crippen molar-refractivity contribution in [3.63, 3.8) is 0 Å². The van der Waals surface area contributed by atoms with E-state index in [2.05, 4.69) is 0 Å². The van der Waals surface area contributed by atoms with Crippen LogP contribution in [0.4, 0.5) is 18.0 Å². The molecule has 1 aliphatic rings. The molecular weight excluding hydrogens is 265 g/mol. The average molecular weight is 274 g/mol. The van der Waals surface area contributed by atoms with E-state index in [-0.39, 0.29) is 11.0 Å². The SMILES string of the molecule is O.O=C1NC(=O)C(=C(c2ccccc2)C(F)(F)F)N1. The minimum atomic E-state index is -4.74. The maximum absolute atomic E-state index is 13.0. The minimum absolute atomic E-state index is 0. The van der Waals surface area contributed by atoms with Gasteiger partial charge in [-0.3, -0.25) is 10.1 Å². The zero-order valence-corrected chi connectivity index (χ0v) is 9.34. The van der Waals surface area contributed by atoms with Gasteiger partial charge in [-0.25, -0.2) is 4.79 Å². The summed E-state index contributed by atoms with van der Waals surface area (Å²) in [5, 5.41) is 3.61. The van der Waals surface area contributed by atoms with Gasteiger partial charge in [-0.2, -0.15) is 13.2 Å². The molecule has 0 radical (unpaired) electrons. The Balaban J connectivity index is 0.00000180. The zero-order valence-electron chi connectivity index (χ0n) is 9.34. The molecule has 1 fully saturated rings. The summed E-state index contributed by atoms with van der Waals surface area (Å²) in [5.74, 6) is -1.09. The third-order valence-electron chi connectivity index (χ3n) is 2.29. The summed E-state index contributed by atoms with van der Waals surface area (Å²) in [6.45, 7) is 0. The van der Waals surface area contributed by atoms with Crippen LogP contribution < -0.4 is 10.6 Å². The lowest BCUT2D eigenvalue weighted by atomic mass is 10.0. The number of amides is 3. The van der Waals surface area contributed by atoms with Crippen molar-refractivity contribution < 1.29 is 28.2 Å². The van der Waals surface area contributed by atoms with E-state index < -0.39 is 29.4 Å². The van der Waals surface area contributed by atoms with Gasteiger partial charge in [-0.15, -0.1) is 0 Å². The Morgan fingerprint density at radius 1 is 1.00 bits per heavy atom. The Hall–Kier alpha value is -2.35. The van der Waals surface area contributed by atoms with Crippen LogP contribution in [0.1, 0.15) is 5.56 Å². The highest BCUT2D eigenvalue weighted by atomic mass is 19.4. The van der Waals surface area contributed by atoms with Gasteiger partial charge in [-0.05, 0) is 5.56 Å². The van der Waals surface area contributed by atoms with Crippen molar-refractivity contribution in [2.24, 2.45) is 0 Å². The predicted octanol–water partition coefficient (Wildman–Crippen LogP) is 0.975. The van der Waals surface area contributed by atoms with Crippen molar-refractivity contribution >= 4 is 17.5 Å². The van der Waals surface area contributed by atoms with Crippen LogP contribution in [0, 0.1) is 0 Å². The first-order chi connectivity index (χ1) is 8.39. The lowest BCUT2D eigenvalue weighted by Crippen LogP contribution is -2.22. The quantitative estimate of drug-likeness (QED) is 0.590. The molecule has 0 aliphatic carbocycles. The molecule has 4 N–H and O–H groups in total. The normalized spacial score (nSPS) is 17.4. The fraction of sp³-hybridized carbons (Fsp3) is 0.0909. The zero-order chi connectivity index (χ0) is 13.3. The number of carbonyl (C=O) groups is 2. The Morgan fingerprint density at radius 2 is 1.58 bits per heavy atom. The average Bonchev–Trinajstić information content (AvgIpc) is 2.58. The second kappa shape index (κ2) is 5.11. The highest BCUT2D eigenvalue weighted by Crippen LogP contribution is 2.36. The monoisotopic (exact) mass is 274 g/mol. The molecular formula is C11H9F3N2O3. The number of urea groups is 1. The summed E-state index contributed by atoms with van der Waals surface area (Å²) in [7, 11) is 0. The lowest BCUT2D eigenvalue weighted by molar-refractivity contribution is -0.116. The maximum atomic E-state index is 13.0. The molecule has 3 amide bonds. The van der Waals surface area contributed by atoms with Crippen LogP contribution in [0.2, 0.25) is 0 Å². The number of allylic oxidation sites excluding steroid dienone is 1. The Labute approximate surface area is 105 Å². The summed E-state index contributed by atoms with van der Waals surface area (Å²) in [6, 6.07) is 5.84. The highest BCUT2D eigenvalue weighted by molar-refractivity contribution is 6.16. The molecule has 1 aromatic rings. The van der Waals surface area contributed by atoms with Gasteiger partial charge in [0.1, 0.15) is 5.70 Å². The second-order valence-electron chi connectivity index (χ2n) is 3.52. The van der Waals surface area contributed by atoms with E-state index in [0.29, 0.717) is 0 Å². The van der Waals surface area contributed by atoms with Crippen LogP contribution >= 0.6 is 0 Å².